The summed E-state index contributed by atoms with van der Waals surface area (Å²) in [5.74, 6) is 1.01. The summed E-state index contributed by atoms with van der Waals surface area (Å²) in [7, 11) is 1.60. The van der Waals surface area contributed by atoms with Crippen LogP contribution in [0.25, 0.3) is 5.70 Å². The molecule has 0 radical (unpaired) electrons. The highest BCUT2D eigenvalue weighted by molar-refractivity contribution is 6.05. The van der Waals surface area contributed by atoms with Gasteiger partial charge in [-0.05, 0) is 31.5 Å². The molecule has 0 saturated carbocycles. The Hall–Kier alpha value is -3.52. The number of ether oxygens (including phenoxy) is 2. The van der Waals surface area contributed by atoms with Crippen LogP contribution in [-0.2, 0) is 11.3 Å². The lowest BCUT2D eigenvalue weighted by molar-refractivity contribution is 0.0269. The molecule has 0 spiro atoms. The molecule has 180 valence electrons. The topological polar surface area (TPSA) is 145 Å². The average Bonchev–Trinajstić information content (AvgIpc) is 2.83. The molecule has 5 N–H and O–H groups in total. The smallest absolute Gasteiger partial charge is 0.158 e. The highest BCUT2D eigenvalue weighted by Gasteiger charge is 2.22. The molecule has 1 aromatic heterocycles. The third-order valence-electron chi connectivity index (χ3n) is 5.40. The Balaban J connectivity index is 1.62. The lowest BCUT2D eigenvalue weighted by Gasteiger charge is -2.35. The predicted octanol–water partition coefficient (Wildman–Crippen LogP) is 1.95. The van der Waals surface area contributed by atoms with E-state index in [1.54, 1.807) is 7.11 Å². The monoisotopic (exact) mass is 464 g/mol. The SMILES string of the molecule is COc1cc(CNC(C)(C)CN2CCOCC2)ccc1/C(N)=C/C(=N)Nc1cnc(C#N)cn1. The minimum Gasteiger partial charge on any atom is -0.496 e. The number of aromatic nitrogens is 2. The number of hydrogen-bond donors (Lipinski definition) is 4. The summed E-state index contributed by atoms with van der Waals surface area (Å²) in [6.07, 6.45) is 4.21. The number of morpholine rings is 1. The van der Waals surface area contributed by atoms with Gasteiger partial charge in [-0.25, -0.2) is 9.97 Å². The maximum atomic E-state index is 8.80. The highest BCUT2D eigenvalue weighted by atomic mass is 16.5. The van der Waals surface area contributed by atoms with Crippen LogP contribution in [0.4, 0.5) is 5.82 Å². The van der Waals surface area contributed by atoms with E-state index in [4.69, 9.17) is 25.9 Å². The number of rotatable bonds is 9. The summed E-state index contributed by atoms with van der Waals surface area (Å²) >= 11 is 0. The van der Waals surface area contributed by atoms with Crippen molar-refractivity contribution in [3.8, 4) is 11.8 Å². The minimum absolute atomic E-state index is 0.0363. The summed E-state index contributed by atoms with van der Waals surface area (Å²) < 4.78 is 11.0. The molecule has 1 aliphatic heterocycles. The van der Waals surface area contributed by atoms with E-state index in [1.165, 1.54) is 18.5 Å². The molecule has 2 aromatic rings. The van der Waals surface area contributed by atoms with Gasteiger partial charge < -0.3 is 25.8 Å². The van der Waals surface area contributed by atoms with Crippen molar-refractivity contribution >= 4 is 17.4 Å². The molecule has 1 fully saturated rings. The van der Waals surface area contributed by atoms with Gasteiger partial charge in [0.15, 0.2) is 5.69 Å². The molecule has 2 heterocycles. The van der Waals surface area contributed by atoms with Crippen molar-refractivity contribution < 1.29 is 9.47 Å². The molecule has 0 atom stereocenters. The standard InChI is InChI=1S/C24H32N8O2/c1-24(2,16-32-6-8-34-9-7-32)30-13-17-4-5-19(21(10-17)33-3)20(26)11-22(27)31-23-15-28-18(12-25)14-29-23/h4-5,10-11,14-15,30H,6-9,13,16,26H2,1-3H3,(H2,27,29,31)/b20-11-. The molecule has 1 aliphatic rings. The Morgan fingerprint density at radius 2 is 2.09 bits per heavy atom. The number of anilines is 1. The molecular weight excluding hydrogens is 432 g/mol. The van der Waals surface area contributed by atoms with Crippen LogP contribution in [0.15, 0.2) is 36.7 Å². The van der Waals surface area contributed by atoms with Gasteiger partial charge in [-0.15, -0.1) is 0 Å². The van der Waals surface area contributed by atoms with E-state index in [0.717, 1.165) is 38.4 Å². The fourth-order valence-electron chi connectivity index (χ4n) is 3.66. The van der Waals surface area contributed by atoms with Gasteiger partial charge in [0.25, 0.3) is 0 Å². The quantitative estimate of drug-likeness (QED) is 0.323. The van der Waals surface area contributed by atoms with E-state index in [2.05, 4.69) is 39.3 Å². The molecule has 1 aromatic carbocycles. The fraction of sp³-hybridized carbons (Fsp3) is 0.417. The van der Waals surface area contributed by atoms with Gasteiger partial charge in [-0.1, -0.05) is 6.07 Å². The van der Waals surface area contributed by atoms with Crippen LogP contribution in [0.3, 0.4) is 0 Å². The second kappa shape index (κ2) is 11.6. The summed E-state index contributed by atoms with van der Waals surface area (Å²) in [6, 6.07) is 7.75. The van der Waals surface area contributed by atoms with Crippen molar-refractivity contribution in [1.29, 1.82) is 10.7 Å². The van der Waals surface area contributed by atoms with Crippen LogP contribution in [0.1, 0.15) is 30.7 Å². The van der Waals surface area contributed by atoms with Crippen molar-refractivity contribution in [3.05, 3.63) is 53.5 Å². The molecule has 0 unspecified atom stereocenters. The van der Waals surface area contributed by atoms with Crippen molar-refractivity contribution in [1.82, 2.24) is 20.2 Å². The van der Waals surface area contributed by atoms with Crippen molar-refractivity contribution in [2.45, 2.75) is 25.9 Å². The number of methoxy groups -OCH3 is 1. The van der Waals surface area contributed by atoms with E-state index < -0.39 is 0 Å². The third-order valence-corrected chi connectivity index (χ3v) is 5.40. The Morgan fingerprint density at radius 1 is 1.32 bits per heavy atom. The molecule has 3 rings (SSSR count). The second-order valence-corrected chi connectivity index (χ2v) is 8.70. The summed E-state index contributed by atoms with van der Waals surface area (Å²) in [6.45, 7) is 9.53. The van der Waals surface area contributed by atoms with Crippen molar-refractivity contribution in [2.24, 2.45) is 5.73 Å². The maximum absolute atomic E-state index is 8.80. The Morgan fingerprint density at radius 3 is 2.74 bits per heavy atom. The minimum atomic E-state index is -0.0583. The highest BCUT2D eigenvalue weighted by Crippen LogP contribution is 2.25. The predicted molar refractivity (Wildman–Crippen MR) is 131 cm³/mol. The fourth-order valence-corrected chi connectivity index (χ4v) is 3.66. The van der Waals surface area contributed by atoms with Gasteiger partial charge in [0, 0.05) is 49.1 Å². The number of nitrogens with one attached hydrogen (secondary N) is 3. The number of nitrogens with two attached hydrogens (primary N) is 1. The van der Waals surface area contributed by atoms with Gasteiger partial charge in [0.1, 0.15) is 23.5 Å². The Kier molecular flexibility index (Phi) is 8.54. The van der Waals surface area contributed by atoms with Crippen LogP contribution in [-0.4, -0.2) is 66.2 Å². The van der Waals surface area contributed by atoms with E-state index in [-0.39, 0.29) is 17.1 Å². The first-order valence-electron chi connectivity index (χ1n) is 11.1. The number of hydrogen-bond acceptors (Lipinski definition) is 9. The largest absolute Gasteiger partial charge is 0.496 e. The number of nitrogens with zero attached hydrogens (tertiary/aromatic N) is 4. The van der Waals surface area contributed by atoms with Gasteiger partial charge in [-0.2, -0.15) is 5.26 Å². The van der Waals surface area contributed by atoms with Crippen molar-refractivity contribution in [3.63, 3.8) is 0 Å². The number of benzene rings is 1. The van der Waals surface area contributed by atoms with Gasteiger partial charge in [-0.3, -0.25) is 10.3 Å². The van der Waals surface area contributed by atoms with Gasteiger partial charge >= 0.3 is 0 Å². The summed E-state index contributed by atoms with van der Waals surface area (Å²) in [5.41, 5.74) is 8.55. The zero-order chi connectivity index (χ0) is 24.6. The third kappa shape index (κ3) is 7.25. The van der Waals surface area contributed by atoms with Crippen LogP contribution in [0.5, 0.6) is 5.75 Å². The molecule has 0 amide bonds. The zero-order valence-electron chi connectivity index (χ0n) is 19.9. The van der Waals surface area contributed by atoms with E-state index >= 15 is 0 Å². The first-order chi connectivity index (χ1) is 16.3. The van der Waals surface area contributed by atoms with Gasteiger partial charge in [0.05, 0.1) is 32.7 Å². The molecule has 10 nitrogen and oxygen atoms in total. The van der Waals surface area contributed by atoms with E-state index in [1.807, 2.05) is 24.3 Å². The van der Waals surface area contributed by atoms with Crippen LogP contribution >= 0.6 is 0 Å². The van der Waals surface area contributed by atoms with E-state index in [0.29, 0.717) is 29.4 Å². The lowest BCUT2D eigenvalue weighted by Crippen LogP contribution is -2.51. The lowest BCUT2D eigenvalue weighted by atomic mass is 10.0. The molecule has 0 bridgehead atoms. The first-order valence-corrected chi connectivity index (χ1v) is 11.1. The Bertz CT molecular complexity index is 1050. The molecule has 10 heteroatoms. The van der Waals surface area contributed by atoms with Crippen LogP contribution in [0.2, 0.25) is 0 Å². The Labute approximate surface area is 200 Å². The molecular formula is C24H32N8O2. The molecule has 1 saturated heterocycles. The maximum Gasteiger partial charge on any atom is 0.158 e. The molecule has 0 aliphatic carbocycles. The van der Waals surface area contributed by atoms with Crippen LogP contribution in [0, 0.1) is 16.7 Å². The van der Waals surface area contributed by atoms with Crippen molar-refractivity contribution in [2.75, 3.05) is 45.3 Å². The number of nitriles is 1. The zero-order valence-corrected chi connectivity index (χ0v) is 19.9. The first kappa shape index (κ1) is 25.1. The van der Waals surface area contributed by atoms with E-state index in [9.17, 15) is 0 Å². The second-order valence-electron chi connectivity index (χ2n) is 8.70. The average molecular weight is 465 g/mol. The normalized spacial score (nSPS) is 14.9. The van der Waals surface area contributed by atoms with Gasteiger partial charge in [0.2, 0.25) is 0 Å². The summed E-state index contributed by atoms with van der Waals surface area (Å²) in [4.78, 5) is 10.4. The summed E-state index contributed by atoms with van der Waals surface area (Å²) in [5, 5.41) is 23.4. The molecule has 34 heavy (non-hydrogen) atoms. The number of amidine groups is 1. The van der Waals surface area contributed by atoms with Crippen LogP contribution < -0.4 is 21.1 Å².